The molecular weight excluding hydrogens is 404 g/mol. The minimum Gasteiger partial charge on any atom is -0.493 e. The Morgan fingerprint density at radius 3 is 2.74 bits per heavy atom. The van der Waals surface area contributed by atoms with E-state index in [1.807, 2.05) is 6.92 Å². The third-order valence-electron chi connectivity index (χ3n) is 4.73. The van der Waals surface area contributed by atoms with Gasteiger partial charge in [-0.15, -0.1) is 0 Å². The van der Waals surface area contributed by atoms with Crippen molar-refractivity contribution in [2.45, 2.75) is 33.4 Å². The van der Waals surface area contributed by atoms with Crippen molar-refractivity contribution >= 4 is 0 Å². The van der Waals surface area contributed by atoms with E-state index in [-0.39, 0.29) is 18.2 Å². The van der Waals surface area contributed by atoms with Gasteiger partial charge >= 0.3 is 5.76 Å². The molecule has 9 nitrogen and oxygen atoms in total. The standard InChI is InChI=1S/C22H22N2O7/c1-4-9-24-21(25)19(31-22(24)26)14-7-8-16(18(11-14)27-3)29-12-15-13(2)30-20(23-15)17-6-5-10-28-17/h5-8,10-11,25H,4,9,12H2,1-3H3. The van der Waals surface area contributed by atoms with Crippen LogP contribution in [0.4, 0.5) is 0 Å². The quantitative estimate of drug-likeness (QED) is 0.442. The Hall–Kier alpha value is -3.88. The Morgan fingerprint density at radius 1 is 1.19 bits per heavy atom. The van der Waals surface area contributed by atoms with E-state index < -0.39 is 5.76 Å². The van der Waals surface area contributed by atoms with Gasteiger partial charge < -0.3 is 27.8 Å². The van der Waals surface area contributed by atoms with Crippen molar-refractivity contribution in [2.75, 3.05) is 7.11 Å². The molecule has 4 rings (SSSR count). The third kappa shape index (κ3) is 3.94. The number of hydrogen-bond donors (Lipinski definition) is 1. The van der Waals surface area contributed by atoms with Crippen LogP contribution in [0.5, 0.6) is 17.4 Å². The number of benzene rings is 1. The van der Waals surface area contributed by atoms with Crippen molar-refractivity contribution in [3.05, 3.63) is 58.6 Å². The summed E-state index contributed by atoms with van der Waals surface area (Å²) >= 11 is 0. The van der Waals surface area contributed by atoms with E-state index in [9.17, 15) is 9.90 Å². The van der Waals surface area contributed by atoms with Crippen molar-refractivity contribution in [1.82, 2.24) is 9.55 Å². The third-order valence-corrected chi connectivity index (χ3v) is 4.73. The normalized spacial score (nSPS) is 11.1. The van der Waals surface area contributed by atoms with Gasteiger partial charge in [-0.25, -0.2) is 14.3 Å². The number of ether oxygens (including phenoxy) is 2. The van der Waals surface area contributed by atoms with E-state index in [0.29, 0.717) is 53.1 Å². The van der Waals surface area contributed by atoms with Gasteiger partial charge in [0.2, 0.25) is 5.88 Å². The van der Waals surface area contributed by atoms with Gasteiger partial charge in [-0.3, -0.25) is 0 Å². The number of aryl methyl sites for hydroxylation is 1. The summed E-state index contributed by atoms with van der Waals surface area (Å²) < 4.78 is 28.7. The van der Waals surface area contributed by atoms with E-state index in [4.69, 9.17) is 22.7 Å². The van der Waals surface area contributed by atoms with Gasteiger partial charge in [0.25, 0.3) is 5.89 Å². The lowest BCUT2D eigenvalue weighted by Crippen LogP contribution is -2.13. The molecule has 4 aromatic rings. The predicted octanol–water partition coefficient (Wildman–Crippen LogP) is 4.37. The molecule has 0 aliphatic rings. The molecule has 0 unspecified atom stereocenters. The SMILES string of the molecule is CCCn1c(O)c(-c2ccc(OCc3nc(-c4ccco4)oc3C)c(OC)c2)oc1=O. The molecule has 0 aliphatic heterocycles. The molecule has 0 fully saturated rings. The summed E-state index contributed by atoms with van der Waals surface area (Å²) in [4.78, 5) is 16.4. The summed E-state index contributed by atoms with van der Waals surface area (Å²) in [6, 6.07) is 8.50. The van der Waals surface area contributed by atoms with Crippen LogP contribution in [0, 0.1) is 6.92 Å². The highest BCUT2D eigenvalue weighted by Crippen LogP contribution is 2.36. The summed E-state index contributed by atoms with van der Waals surface area (Å²) in [5.74, 6) is 1.66. The lowest BCUT2D eigenvalue weighted by Gasteiger charge is -2.11. The van der Waals surface area contributed by atoms with Crippen molar-refractivity contribution in [1.29, 1.82) is 0 Å². The lowest BCUT2D eigenvalue weighted by atomic mass is 10.1. The average Bonchev–Trinajstić information content (AvgIpc) is 3.49. The molecule has 0 radical (unpaired) electrons. The molecule has 1 N–H and O–H groups in total. The molecule has 9 heteroatoms. The molecule has 0 spiro atoms. The first-order chi connectivity index (χ1) is 15.0. The van der Waals surface area contributed by atoms with Crippen LogP contribution in [0.1, 0.15) is 24.8 Å². The summed E-state index contributed by atoms with van der Waals surface area (Å²) in [6.07, 6.45) is 2.24. The Kier molecular flexibility index (Phi) is 5.57. The van der Waals surface area contributed by atoms with Crippen LogP contribution < -0.4 is 15.2 Å². The molecule has 3 aromatic heterocycles. The summed E-state index contributed by atoms with van der Waals surface area (Å²) in [5, 5.41) is 10.4. The number of rotatable bonds is 8. The van der Waals surface area contributed by atoms with Crippen LogP contribution in [0.15, 0.2) is 54.6 Å². The van der Waals surface area contributed by atoms with Gasteiger partial charge in [-0.05, 0) is 43.7 Å². The minimum atomic E-state index is -0.609. The van der Waals surface area contributed by atoms with Crippen LogP contribution in [-0.2, 0) is 13.2 Å². The fraction of sp³-hybridized carbons (Fsp3) is 0.273. The van der Waals surface area contributed by atoms with E-state index in [0.717, 1.165) is 0 Å². The van der Waals surface area contributed by atoms with Gasteiger partial charge in [0.15, 0.2) is 23.0 Å². The molecule has 1 aromatic carbocycles. The first-order valence-electron chi connectivity index (χ1n) is 9.75. The van der Waals surface area contributed by atoms with Gasteiger partial charge in [-0.2, -0.15) is 0 Å². The van der Waals surface area contributed by atoms with Crippen molar-refractivity contribution in [3.63, 3.8) is 0 Å². The van der Waals surface area contributed by atoms with E-state index in [1.54, 1.807) is 43.5 Å². The minimum absolute atomic E-state index is 0.0822. The molecule has 0 bridgehead atoms. The second-order valence-electron chi connectivity index (χ2n) is 6.83. The highest BCUT2D eigenvalue weighted by atomic mass is 16.5. The van der Waals surface area contributed by atoms with Crippen molar-refractivity contribution in [3.8, 4) is 40.4 Å². The molecule has 0 saturated heterocycles. The van der Waals surface area contributed by atoms with Crippen LogP contribution in [-0.4, -0.2) is 21.8 Å². The van der Waals surface area contributed by atoms with Gasteiger partial charge in [-0.1, -0.05) is 6.92 Å². The molecule has 0 amide bonds. The van der Waals surface area contributed by atoms with Crippen molar-refractivity contribution in [2.24, 2.45) is 0 Å². The Bertz CT molecular complexity index is 1230. The predicted molar refractivity (Wildman–Crippen MR) is 110 cm³/mol. The fourth-order valence-electron chi connectivity index (χ4n) is 3.15. The topological polar surface area (TPSA) is 113 Å². The van der Waals surface area contributed by atoms with E-state index in [1.165, 1.54) is 11.7 Å². The highest BCUT2D eigenvalue weighted by Gasteiger charge is 2.20. The fourth-order valence-corrected chi connectivity index (χ4v) is 3.15. The molecule has 0 aliphatic carbocycles. The van der Waals surface area contributed by atoms with Crippen LogP contribution in [0.3, 0.4) is 0 Å². The van der Waals surface area contributed by atoms with Gasteiger partial charge in [0.05, 0.1) is 13.4 Å². The number of aromatic hydroxyl groups is 1. The van der Waals surface area contributed by atoms with Gasteiger partial charge in [0, 0.05) is 12.1 Å². The Labute approximate surface area is 177 Å². The van der Waals surface area contributed by atoms with E-state index in [2.05, 4.69) is 4.98 Å². The molecule has 0 atom stereocenters. The second kappa shape index (κ2) is 8.47. The van der Waals surface area contributed by atoms with Crippen molar-refractivity contribution < 1.29 is 27.8 Å². The monoisotopic (exact) mass is 426 g/mol. The summed E-state index contributed by atoms with van der Waals surface area (Å²) in [6.45, 7) is 4.22. The number of furan rings is 1. The molecule has 3 heterocycles. The molecule has 31 heavy (non-hydrogen) atoms. The summed E-state index contributed by atoms with van der Waals surface area (Å²) in [5.41, 5.74) is 1.11. The Balaban J connectivity index is 1.56. The smallest absolute Gasteiger partial charge is 0.422 e. The molecule has 162 valence electrons. The molecular formula is C22H22N2O7. The van der Waals surface area contributed by atoms with E-state index >= 15 is 0 Å². The Morgan fingerprint density at radius 2 is 2.03 bits per heavy atom. The first-order valence-corrected chi connectivity index (χ1v) is 9.75. The number of methoxy groups -OCH3 is 1. The maximum Gasteiger partial charge on any atom is 0.422 e. The van der Waals surface area contributed by atoms with Crippen LogP contribution >= 0.6 is 0 Å². The largest absolute Gasteiger partial charge is 0.493 e. The zero-order chi connectivity index (χ0) is 22.0. The average molecular weight is 426 g/mol. The summed E-state index contributed by atoms with van der Waals surface area (Å²) in [7, 11) is 1.50. The number of oxazole rings is 2. The highest BCUT2D eigenvalue weighted by molar-refractivity contribution is 5.66. The van der Waals surface area contributed by atoms with Crippen LogP contribution in [0.2, 0.25) is 0 Å². The maximum absolute atomic E-state index is 12.0. The molecule has 0 saturated carbocycles. The van der Waals surface area contributed by atoms with Crippen LogP contribution in [0.25, 0.3) is 23.0 Å². The first kappa shape index (κ1) is 20.4. The zero-order valence-electron chi connectivity index (χ0n) is 17.4. The number of aromatic nitrogens is 2. The second-order valence-corrected chi connectivity index (χ2v) is 6.83. The lowest BCUT2D eigenvalue weighted by molar-refractivity contribution is 0.279. The maximum atomic E-state index is 12.0. The zero-order valence-corrected chi connectivity index (χ0v) is 17.4. The van der Waals surface area contributed by atoms with Gasteiger partial charge in [0.1, 0.15) is 18.1 Å². The number of hydrogen-bond acceptors (Lipinski definition) is 8. The number of nitrogens with zero attached hydrogens (tertiary/aromatic N) is 2.